The molecule has 3 aliphatic heterocycles. The smallest absolute Gasteiger partial charge is 0.183 e. The van der Waals surface area contributed by atoms with Crippen LogP contribution in [0.15, 0.2) is 11.6 Å². The Bertz CT molecular complexity index is 268. The summed E-state index contributed by atoms with van der Waals surface area (Å²) in [5, 5.41) is 0. The van der Waals surface area contributed by atoms with Crippen LogP contribution in [0.1, 0.15) is 19.8 Å². The third-order valence-electron chi connectivity index (χ3n) is 3.52. The van der Waals surface area contributed by atoms with E-state index in [1.807, 2.05) is 0 Å². The zero-order valence-electron chi connectivity index (χ0n) is 8.66. The summed E-state index contributed by atoms with van der Waals surface area (Å²) < 4.78 is 11.5. The summed E-state index contributed by atoms with van der Waals surface area (Å²) in [5.74, 6) is -0.258. The van der Waals surface area contributed by atoms with E-state index in [1.165, 1.54) is 18.5 Å². The van der Waals surface area contributed by atoms with E-state index in [0.29, 0.717) is 6.04 Å². The molecule has 1 unspecified atom stereocenters. The van der Waals surface area contributed by atoms with E-state index in [-0.39, 0.29) is 5.79 Å². The summed E-state index contributed by atoms with van der Waals surface area (Å²) in [4.78, 5) is 2.48. The fourth-order valence-corrected chi connectivity index (χ4v) is 2.79. The van der Waals surface area contributed by atoms with Crippen molar-refractivity contribution in [3.05, 3.63) is 11.6 Å². The first-order valence-electron chi connectivity index (χ1n) is 5.47. The van der Waals surface area contributed by atoms with Crippen molar-refractivity contribution in [2.75, 3.05) is 26.3 Å². The second-order valence-corrected chi connectivity index (χ2v) is 4.61. The second-order valence-electron chi connectivity index (χ2n) is 4.61. The Morgan fingerprint density at radius 2 is 2.21 bits per heavy atom. The van der Waals surface area contributed by atoms with E-state index in [4.69, 9.17) is 9.47 Å². The topological polar surface area (TPSA) is 21.7 Å². The van der Waals surface area contributed by atoms with Crippen molar-refractivity contribution < 1.29 is 9.47 Å². The molecule has 0 amide bonds. The summed E-state index contributed by atoms with van der Waals surface area (Å²) in [5.41, 5.74) is 1.52. The summed E-state index contributed by atoms with van der Waals surface area (Å²) in [6.07, 6.45) is 4.60. The molecule has 0 bridgehead atoms. The van der Waals surface area contributed by atoms with Crippen LogP contribution in [0.25, 0.3) is 0 Å². The van der Waals surface area contributed by atoms with Crippen LogP contribution in [0.4, 0.5) is 0 Å². The van der Waals surface area contributed by atoms with Crippen molar-refractivity contribution >= 4 is 0 Å². The van der Waals surface area contributed by atoms with Gasteiger partial charge in [0.2, 0.25) is 0 Å². The Morgan fingerprint density at radius 1 is 1.43 bits per heavy atom. The van der Waals surface area contributed by atoms with Gasteiger partial charge in [0.25, 0.3) is 0 Å². The van der Waals surface area contributed by atoms with Gasteiger partial charge in [-0.1, -0.05) is 11.6 Å². The lowest BCUT2D eigenvalue weighted by Gasteiger charge is -2.26. The van der Waals surface area contributed by atoms with Gasteiger partial charge < -0.3 is 9.47 Å². The molecular formula is C11H17NO2. The largest absolute Gasteiger partial charge is 0.346 e. The quantitative estimate of drug-likeness (QED) is 0.541. The number of nitrogens with zero attached hydrogens (tertiary/aromatic N) is 1. The van der Waals surface area contributed by atoms with Gasteiger partial charge in [-0.05, 0) is 13.3 Å². The average molecular weight is 195 g/mol. The Balaban J connectivity index is 1.80. The van der Waals surface area contributed by atoms with Crippen LogP contribution in [0.2, 0.25) is 0 Å². The molecule has 0 saturated carbocycles. The normalized spacial score (nSPS) is 36.1. The Labute approximate surface area is 84.7 Å². The summed E-state index contributed by atoms with van der Waals surface area (Å²) in [6.45, 7) is 5.88. The van der Waals surface area contributed by atoms with E-state index < -0.39 is 0 Å². The molecule has 14 heavy (non-hydrogen) atoms. The van der Waals surface area contributed by atoms with Crippen LogP contribution in [0.5, 0.6) is 0 Å². The minimum atomic E-state index is -0.258. The molecule has 0 aromatic carbocycles. The van der Waals surface area contributed by atoms with Gasteiger partial charge >= 0.3 is 0 Å². The van der Waals surface area contributed by atoms with Gasteiger partial charge in [0.15, 0.2) is 5.79 Å². The highest BCUT2D eigenvalue weighted by Crippen LogP contribution is 2.37. The van der Waals surface area contributed by atoms with Crippen LogP contribution in [-0.2, 0) is 9.47 Å². The standard InChI is InChI=1S/C11H17NO2/c1-9-2-3-12-8-11(7-10(12)6-9)13-4-5-14-11/h6,10H,2-5,7-8H2,1H3. The van der Waals surface area contributed by atoms with E-state index >= 15 is 0 Å². The van der Waals surface area contributed by atoms with Crippen molar-refractivity contribution in [3.8, 4) is 0 Å². The maximum Gasteiger partial charge on any atom is 0.183 e. The SMILES string of the molecule is CC1=CC2CC3(CN2CC1)OCCO3. The average Bonchev–Trinajstić information content (AvgIpc) is 2.72. The molecule has 1 spiro atoms. The van der Waals surface area contributed by atoms with Gasteiger partial charge in [-0.15, -0.1) is 0 Å². The number of hydrogen-bond donors (Lipinski definition) is 0. The van der Waals surface area contributed by atoms with Gasteiger partial charge in [-0.2, -0.15) is 0 Å². The van der Waals surface area contributed by atoms with Crippen molar-refractivity contribution in [2.45, 2.75) is 31.6 Å². The number of hydrogen-bond acceptors (Lipinski definition) is 3. The van der Waals surface area contributed by atoms with E-state index in [0.717, 1.165) is 26.2 Å². The molecule has 3 nitrogen and oxygen atoms in total. The van der Waals surface area contributed by atoms with Crippen molar-refractivity contribution in [1.29, 1.82) is 0 Å². The van der Waals surface area contributed by atoms with E-state index in [1.54, 1.807) is 0 Å². The molecule has 3 aliphatic rings. The second kappa shape index (κ2) is 3.05. The number of fused-ring (bicyclic) bond motifs is 1. The molecule has 0 aromatic heterocycles. The Morgan fingerprint density at radius 3 is 3.00 bits per heavy atom. The van der Waals surface area contributed by atoms with Gasteiger partial charge in [-0.25, -0.2) is 0 Å². The lowest BCUT2D eigenvalue weighted by molar-refractivity contribution is -0.145. The fraction of sp³-hybridized carbons (Fsp3) is 0.818. The molecule has 0 N–H and O–H groups in total. The third-order valence-corrected chi connectivity index (χ3v) is 3.52. The molecule has 1 atom stereocenters. The lowest BCUT2D eigenvalue weighted by atomic mass is 10.0. The predicted molar refractivity (Wildman–Crippen MR) is 53.0 cm³/mol. The summed E-state index contributed by atoms with van der Waals surface area (Å²) in [6, 6.07) is 0.557. The highest BCUT2D eigenvalue weighted by Gasteiger charge is 2.48. The van der Waals surface area contributed by atoms with E-state index in [9.17, 15) is 0 Å². The fourth-order valence-electron chi connectivity index (χ4n) is 2.79. The molecule has 0 aliphatic carbocycles. The molecule has 2 fully saturated rings. The van der Waals surface area contributed by atoms with Crippen LogP contribution in [0, 0.1) is 0 Å². The van der Waals surface area contributed by atoms with Crippen LogP contribution in [0.3, 0.4) is 0 Å². The molecule has 3 heteroatoms. The summed E-state index contributed by atoms with van der Waals surface area (Å²) in [7, 11) is 0. The molecule has 2 saturated heterocycles. The molecule has 3 heterocycles. The molecular weight excluding hydrogens is 178 g/mol. The van der Waals surface area contributed by atoms with E-state index in [2.05, 4.69) is 17.9 Å². The number of rotatable bonds is 0. The maximum absolute atomic E-state index is 5.74. The molecule has 0 aromatic rings. The van der Waals surface area contributed by atoms with Gasteiger partial charge in [-0.3, -0.25) is 4.90 Å². The minimum Gasteiger partial charge on any atom is -0.346 e. The first-order chi connectivity index (χ1) is 6.77. The van der Waals surface area contributed by atoms with Crippen LogP contribution >= 0.6 is 0 Å². The maximum atomic E-state index is 5.74. The van der Waals surface area contributed by atoms with Crippen molar-refractivity contribution in [1.82, 2.24) is 4.90 Å². The Kier molecular flexibility index (Phi) is 1.94. The highest BCUT2D eigenvalue weighted by molar-refractivity contribution is 5.14. The van der Waals surface area contributed by atoms with Crippen molar-refractivity contribution in [3.63, 3.8) is 0 Å². The molecule has 78 valence electrons. The number of ether oxygens (including phenoxy) is 2. The first kappa shape index (κ1) is 8.89. The summed E-state index contributed by atoms with van der Waals surface area (Å²) >= 11 is 0. The van der Waals surface area contributed by atoms with Gasteiger partial charge in [0.1, 0.15) is 0 Å². The van der Waals surface area contributed by atoms with Crippen molar-refractivity contribution in [2.24, 2.45) is 0 Å². The minimum absolute atomic E-state index is 0.258. The monoisotopic (exact) mass is 195 g/mol. The zero-order chi connectivity index (χ0) is 9.60. The zero-order valence-corrected chi connectivity index (χ0v) is 8.66. The van der Waals surface area contributed by atoms with Gasteiger partial charge in [0, 0.05) is 19.0 Å². The molecule has 0 radical (unpaired) electrons. The highest BCUT2D eigenvalue weighted by atomic mass is 16.7. The molecule has 3 rings (SSSR count). The first-order valence-corrected chi connectivity index (χ1v) is 5.47. The third kappa shape index (κ3) is 1.31. The van der Waals surface area contributed by atoms with Crippen LogP contribution < -0.4 is 0 Å². The lowest BCUT2D eigenvalue weighted by Crippen LogP contribution is -2.36. The van der Waals surface area contributed by atoms with Crippen LogP contribution in [-0.4, -0.2) is 43.0 Å². The predicted octanol–water partition coefficient (Wildman–Crippen LogP) is 1.15. The van der Waals surface area contributed by atoms with Gasteiger partial charge in [0.05, 0.1) is 19.8 Å². The Hall–Kier alpha value is -0.380.